The number of carbonyl (C=O) groups is 1. The van der Waals surface area contributed by atoms with Gasteiger partial charge in [-0.3, -0.25) is 0 Å². The predicted octanol–water partition coefficient (Wildman–Crippen LogP) is 1.56. The molecule has 1 atom stereocenters. The monoisotopic (exact) mass is 374 g/mol. The van der Waals surface area contributed by atoms with Gasteiger partial charge in [0.05, 0.1) is 6.42 Å². The zero-order valence-corrected chi connectivity index (χ0v) is 13.4. The molecule has 1 unspecified atom stereocenters. The molecule has 26 heavy (non-hydrogen) atoms. The zero-order chi connectivity index (χ0) is 19.5. The molecule has 0 saturated heterocycles. The number of nitrogens with two attached hydrogens (primary N) is 1. The number of rotatable bonds is 5. The molecule has 2 rings (SSSR count). The van der Waals surface area contributed by atoms with Gasteiger partial charge in [0.1, 0.15) is 5.82 Å². The number of amidine groups is 1. The quantitative estimate of drug-likeness (QED) is 0.272. The van der Waals surface area contributed by atoms with Gasteiger partial charge < -0.3 is 20.2 Å². The second-order valence-electron chi connectivity index (χ2n) is 5.34. The van der Waals surface area contributed by atoms with Crippen LogP contribution in [0.4, 0.5) is 17.6 Å². The molecule has 0 bridgehead atoms. The number of carbonyl (C=O) groups excluding carboxylic acids is 1. The van der Waals surface area contributed by atoms with Crippen LogP contribution >= 0.6 is 0 Å². The maximum atomic E-state index is 13.3. The lowest BCUT2D eigenvalue weighted by molar-refractivity contribution is -0.273. The van der Waals surface area contributed by atoms with Crippen LogP contribution in [0, 0.1) is 5.82 Å². The average Bonchev–Trinajstić information content (AvgIpc) is 2.98. The van der Waals surface area contributed by atoms with Gasteiger partial charge in [0, 0.05) is 25.0 Å². The topological polar surface area (TPSA) is 103 Å². The van der Waals surface area contributed by atoms with E-state index in [0.29, 0.717) is 0 Å². The minimum Gasteiger partial charge on any atom is -0.380 e. The molecule has 0 aliphatic rings. The van der Waals surface area contributed by atoms with Crippen molar-refractivity contribution in [2.75, 3.05) is 0 Å². The first-order valence-corrected chi connectivity index (χ1v) is 7.11. The molecule has 11 heteroatoms. The standard InChI is InChI=1S/C15H14F4N4O3/c1-23-7-6-21-13(23)14(25,15(17,18)19)8-11(24)26-22-12(20)9-2-4-10(16)5-3-9/h2-7,25H,8H2,1H3,(H2,20,22). The second-order valence-corrected chi connectivity index (χ2v) is 5.34. The summed E-state index contributed by atoms with van der Waals surface area (Å²) < 4.78 is 53.7. The molecule has 0 spiro atoms. The lowest BCUT2D eigenvalue weighted by Crippen LogP contribution is -2.46. The van der Waals surface area contributed by atoms with Crippen molar-refractivity contribution in [3.8, 4) is 0 Å². The lowest BCUT2D eigenvalue weighted by atomic mass is 9.98. The Bertz CT molecular complexity index is 817. The van der Waals surface area contributed by atoms with Crippen LogP contribution in [0.15, 0.2) is 41.8 Å². The van der Waals surface area contributed by atoms with Crippen molar-refractivity contribution in [2.45, 2.75) is 18.2 Å². The molecular weight excluding hydrogens is 360 g/mol. The van der Waals surface area contributed by atoms with Crippen LogP contribution in [0.25, 0.3) is 0 Å². The van der Waals surface area contributed by atoms with E-state index in [0.717, 1.165) is 22.9 Å². The molecule has 0 aliphatic heterocycles. The predicted molar refractivity (Wildman–Crippen MR) is 81.0 cm³/mol. The Balaban J connectivity index is 2.17. The molecule has 1 aromatic carbocycles. The molecule has 0 aliphatic carbocycles. The van der Waals surface area contributed by atoms with E-state index in [4.69, 9.17) is 5.73 Å². The SMILES string of the molecule is Cn1ccnc1C(O)(CC(=O)ON=C(N)c1ccc(F)cc1)C(F)(F)F. The number of imidazole rings is 1. The van der Waals surface area contributed by atoms with Crippen LogP contribution in [0.5, 0.6) is 0 Å². The van der Waals surface area contributed by atoms with Crippen LogP contribution in [0.1, 0.15) is 17.8 Å². The molecule has 1 heterocycles. The first-order chi connectivity index (χ1) is 12.0. The summed E-state index contributed by atoms with van der Waals surface area (Å²) in [5, 5.41) is 13.3. The number of aliphatic hydroxyl groups is 1. The van der Waals surface area contributed by atoms with Crippen molar-refractivity contribution >= 4 is 11.8 Å². The van der Waals surface area contributed by atoms with E-state index in [9.17, 15) is 27.5 Å². The number of hydrogen-bond donors (Lipinski definition) is 2. The van der Waals surface area contributed by atoms with Gasteiger partial charge in [-0.1, -0.05) is 5.16 Å². The van der Waals surface area contributed by atoms with Crippen molar-refractivity contribution in [3.63, 3.8) is 0 Å². The number of nitrogens with zero attached hydrogens (tertiary/aromatic N) is 3. The van der Waals surface area contributed by atoms with Crippen LogP contribution in [0.3, 0.4) is 0 Å². The highest BCUT2D eigenvalue weighted by Gasteiger charge is 2.59. The summed E-state index contributed by atoms with van der Waals surface area (Å²) in [6.07, 6.45) is -4.46. The highest BCUT2D eigenvalue weighted by Crippen LogP contribution is 2.40. The summed E-state index contributed by atoms with van der Waals surface area (Å²) in [5.74, 6) is -3.16. The Hall–Kier alpha value is -2.95. The molecule has 7 nitrogen and oxygen atoms in total. The van der Waals surface area contributed by atoms with Crippen molar-refractivity contribution < 1.29 is 32.3 Å². The number of aromatic nitrogens is 2. The molecule has 0 fully saturated rings. The summed E-state index contributed by atoms with van der Waals surface area (Å²) in [6.45, 7) is 0. The highest BCUT2D eigenvalue weighted by molar-refractivity contribution is 5.97. The van der Waals surface area contributed by atoms with Gasteiger partial charge in [-0.25, -0.2) is 14.2 Å². The van der Waals surface area contributed by atoms with Gasteiger partial charge in [0.2, 0.25) is 5.60 Å². The summed E-state index contributed by atoms with van der Waals surface area (Å²) in [6, 6.07) is 4.62. The molecular formula is C15H14F4N4O3. The fourth-order valence-corrected chi connectivity index (χ4v) is 2.08. The lowest BCUT2D eigenvalue weighted by Gasteiger charge is -2.28. The van der Waals surface area contributed by atoms with Crippen LogP contribution in [-0.2, 0) is 22.3 Å². The first-order valence-electron chi connectivity index (χ1n) is 7.11. The van der Waals surface area contributed by atoms with E-state index in [-0.39, 0.29) is 11.4 Å². The molecule has 3 N–H and O–H groups in total. The number of oxime groups is 1. The summed E-state index contributed by atoms with van der Waals surface area (Å²) >= 11 is 0. The molecule has 0 amide bonds. The van der Waals surface area contributed by atoms with Crippen LogP contribution in [-0.4, -0.2) is 32.6 Å². The third-order valence-corrected chi connectivity index (χ3v) is 3.45. The van der Waals surface area contributed by atoms with Gasteiger partial charge in [0.25, 0.3) is 0 Å². The number of alkyl halides is 3. The van der Waals surface area contributed by atoms with Crippen molar-refractivity contribution in [1.82, 2.24) is 9.55 Å². The molecule has 2 aromatic rings. The Morgan fingerprint density at radius 1 is 1.35 bits per heavy atom. The third kappa shape index (κ3) is 3.99. The van der Waals surface area contributed by atoms with Gasteiger partial charge in [0.15, 0.2) is 11.7 Å². The number of hydrogen-bond acceptors (Lipinski definition) is 5. The maximum Gasteiger partial charge on any atom is 0.425 e. The van der Waals surface area contributed by atoms with Gasteiger partial charge in [-0.15, -0.1) is 0 Å². The summed E-state index contributed by atoms with van der Waals surface area (Å²) in [4.78, 5) is 19.6. The number of aryl methyl sites for hydroxylation is 1. The fraction of sp³-hybridized carbons (Fsp3) is 0.267. The largest absolute Gasteiger partial charge is 0.425 e. The molecule has 0 saturated carbocycles. The second kappa shape index (κ2) is 7.12. The number of benzene rings is 1. The van der Waals surface area contributed by atoms with Gasteiger partial charge in [-0.2, -0.15) is 13.2 Å². The average molecular weight is 374 g/mol. The third-order valence-electron chi connectivity index (χ3n) is 3.45. The number of halogens is 4. The van der Waals surface area contributed by atoms with Crippen molar-refractivity contribution in [2.24, 2.45) is 17.9 Å². The zero-order valence-electron chi connectivity index (χ0n) is 13.4. The Kier molecular flexibility index (Phi) is 5.30. The summed E-state index contributed by atoms with van der Waals surface area (Å²) in [5.41, 5.74) is 2.13. The smallest absolute Gasteiger partial charge is 0.380 e. The van der Waals surface area contributed by atoms with E-state index in [1.54, 1.807) is 0 Å². The maximum absolute atomic E-state index is 13.3. The minimum absolute atomic E-state index is 0.189. The van der Waals surface area contributed by atoms with Crippen LogP contribution in [0.2, 0.25) is 0 Å². The Morgan fingerprint density at radius 2 is 1.96 bits per heavy atom. The van der Waals surface area contributed by atoms with Gasteiger partial charge >= 0.3 is 12.1 Å². The normalized spacial score (nSPS) is 14.8. The molecule has 0 radical (unpaired) electrons. The molecule has 1 aromatic heterocycles. The fourth-order valence-electron chi connectivity index (χ4n) is 2.08. The van der Waals surface area contributed by atoms with E-state index in [2.05, 4.69) is 15.0 Å². The summed E-state index contributed by atoms with van der Waals surface area (Å²) in [7, 11) is 1.23. The van der Waals surface area contributed by atoms with E-state index in [1.165, 1.54) is 25.4 Å². The minimum atomic E-state index is -5.20. The van der Waals surface area contributed by atoms with Crippen LogP contribution < -0.4 is 5.73 Å². The van der Waals surface area contributed by atoms with E-state index < -0.39 is 35.8 Å². The Morgan fingerprint density at radius 3 is 2.46 bits per heavy atom. The highest BCUT2D eigenvalue weighted by atomic mass is 19.4. The molecule has 140 valence electrons. The van der Waals surface area contributed by atoms with E-state index in [1.807, 2.05) is 0 Å². The van der Waals surface area contributed by atoms with Gasteiger partial charge in [-0.05, 0) is 24.3 Å². The first kappa shape index (κ1) is 19.4. The van der Waals surface area contributed by atoms with Crippen molar-refractivity contribution in [1.29, 1.82) is 0 Å². The van der Waals surface area contributed by atoms with Crippen molar-refractivity contribution in [3.05, 3.63) is 53.9 Å². The Labute approximate surface area is 144 Å². The van der Waals surface area contributed by atoms with E-state index >= 15 is 0 Å².